The van der Waals surface area contributed by atoms with Crippen molar-refractivity contribution in [3.63, 3.8) is 0 Å². The lowest BCUT2D eigenvalue weighted by molar-refractivity contribution is -0.138. The van der Waals surface area contributed by atoms with Gasteiger partial charge in [-0.15, -0.1) is 0 Å². The third-order valence-electron chi connectivity index (χ3n) is 4.07. The quantitative estimate of drug-likeness (QED) is 0.916. The predicted octanol–water partition coefficient (Wildman–Crippen LogP) is 3.17. The Morgan fingerprint density at radius 1 is 1.29 bits per heavy atom. The highest BCUT2D eigenvalue weighted by Gasteiger charge is 2.32. The van der Waals surface area contributed by atoms with Crippen molar-refractivity contribution in [3.8, 4) is 0 Å². The van der Waals surface area contributed by atoms with Crippen LogP contribution in [-0.4, -0.2) is 29.1 Å². The van der Waals surface area contributed by atoms with Gasteiger partial charge in [-0.3, -0.25) is 9.69 Å². The molecule has 2 unspecified atom stereocenters. The summed E-state index contributed by atoms with van der Waals surface area (Å²) in [5.74, 6) is 0.428. The van der Waals surface area contributed by atoms with Gasteiger partial charge < -0.3 is 9.52 Å². The molecule has 1 aromatic carbocycles. The Balaban J connectivity index is 1.82. The van der Waals surface area contributed by atoms with E-state index in [9.17, 15) is 4.79 Å². The molecule has 3 rings (SSSR count). The lowest BCUT2D eigenvalue weighted by Crippen LogP contribution is -2.27. The summed E-state index contributed by atoms with van der Waals surface area (Å²) in [5, 5.41) is 8.96. The van der Waals surface area contributed by atoms with E-state index in [1.807, 2.05) is 30.3 Å². The summed E-state index contributed by atoms with van der Waals surface area (Å²) in [4.78, 5) is 13.2. The fourth-order valence-electron chi connectivity index (χ4n) is 3.15. The second-order valence-electron chi connectivity index (χ2n) is 5.58. The zero-order chi connectivity index (χ0) is 14.7. The van der Waals surface area contributed by atoms with Crippen LogP contribution in [0.4, 0.5) is 0 Å². The van der Waals surface area contributed by atoms with E-state index in [1.165, 1.54) is 5.56 Å². The van der Waals surface area contributed by atoms with Crippen molar-refractivity contribution in [3.05, 3.63) is 60.1 Å². The monoisotopic (exact) mass is 285 g/mol. The molecule has 1 aromatic heterocycles. The molecule has 0 radical (unpaired) electrons. The first kappa shape index (κ1) is 13.9. The van der Waals surface area contributed by atoms with Crippen LogP contribution in [-0.2, 0) is 4.79 Å². The maximum absolute atomic E-state index is 10.9. The van der Waals surface area contributed by atoms with Gasteiger partial charge >= 0.3 is 5.97 Å². The molecule has 1 aliphatic heterocycles. The number of carboxylic acid groups (broad SMARTS) is 1. The number of carboxylic acids is 1. The number of nitrogens with zero attached hydrogens (tertiary/aromatic N) is 1. The van der Waals surface area contributed by atoms with Gasteiger partial charge in [0.1, 0.15) is 5.76 Å². The highest BCUT2D eigenvalue weighted by atomic mass is 16.4. The van der Waals surface area contributed by atoms with E-state index in [2.05, 4.69) is 17.0 Å². The number of carbonyl (C=O) groups is 1. The number of likely N-dealkylation sites (tertiary alicyclic amines) is 1. The Morgan fingerprint density at radius 2 is 2.10 bits per heavy atom. The second-order valence-corrected chi connectivity index (χ2v) is 5.58. The number of hydrogen-bond donors (Lipinski definition) is 1. The Bertz CT molecular complexity index is 579. The molecule has 1 N–H and O–H groups in total. The number of hydrogen-bond acceptors (Lipinski definition) is 3. The van der Waals surface area contributed by atoms with Crippen LogP contribution >= 0.6 is 0 Å². The minimum atomic E-state index is -0.712. The first-order chi connectivity index (χ1) is 10.2. The average molecular weight is 285 g/mol. The molecule has 0 aliphatic carbocycles. The second kappa shape index (κ2) is 6.14. The zero-order valence-electron chi connectivity index (χ0n) is 11.8. The van der Waals surface area contributed by atoms with Crippen LogP contribution < -0.4 is 0 Å². The molecule has 0 amide bonds. The van der Waals surface area contributed by atoms with Gasteiger partial charge in [0.2, 0.25) is 0 Å². The summed E-state index contributed by atoms with van der Waals surface area (Å²) < 4.78 is 5.62. The van der Waals surface area contributed by atoms with E-state index in [1.54, 1.807) is 6.26 Å². The maximum Gasteiger partial charge on any atom is 0.303 e. The van der Waals surface area contributed by atoms with Gasteiger partial charge in [-0.2, -0.15) is 0 Å². The first-order valence-electron chi connectivity index (χ1n) is 7.28. The van der Waals surface area contributed by atoms with Crippen molar-refractivity contribution >= 4 is 5.97 Å². The minimum absolute atomic E-state index is 0.0694. The van der Waals surface area contributed by atoms with E-state index >= 15 is 0 Å². The molecule has 110 valence electrons. The van der Waals surface area contributed by atoms with Crippen LogP contribution in [0, 0.1) is 5.92 Å². The van der Waals surface area contributed by atoms with Crippen LogP contribution in [0.15, 0.2) is 53.1 Å². The molecule has 2 atom stereocenters. The van der Waals surface area contributed by atoms with Gasteiger partial charge in [-0.25, -0.2) is 0 Å². The smallest absolute Gasteiger partial charge is 0.303 e. The number of furan rings is 1. The fraction of sp³-hybridized carbons (Fsp3) is 0.353. The molecule has 4 heteroatoms. The summed E-state index contributed by atoms with van der Waals surface area (Å²) in [6, 6.07) is 14.2. The van der Waals surface area contributed by atoms with Gasteiger partial charge in [-0.1, -0.05) is 30.3 Å². The molecule has 1 fully saturated rings. The molecule has 1 saturated heterocycles. The highest BCUT2D eigenvalue weighted by Crippen LogP contribution is 2.34. The molecule has 1 aliphatic rings. The van der Waals surface area contributed by atoms with E-state index in [4.69, 9.17) is 9.52 Å². The Labute approximate surface area is 124 Å². The van der Waals surface area contributed by atoms with Crippen molar-refractivity contribution in [2.45, 2.75) is 18.9 Å². The third kappa shape index (κ3) is 3.16. The summed E-state index contributed by atoms with van der Waals surface area (Å²) in [7, 11) is 0. The average Bonchev–Trinajstić information content (AvgIpc) is 3.13. The van der Waals surface area contributed by atoms with Gasteiger partial charge in [0.15, 0.2) is 0 Å². The lowest BCUT2D eigenvalue weighted by atomic mass is 10.0. The SMILES string of the molecule is O=C(O)CC1CCN(C(c2ccccc2)c2ccco2)C1. The first-order valence-corrected chi connectivity index (χ1v) is 7.28. The fourth-order valence-corrected chi connectivity index (χ4v) is 3.15. The maximum atomic E-state index is 10.9. The van der Waals surface area contributed by atoms with Gasteiger partial charge in [0.05, 0.1) is 12.3 Å². The van der Waals surface area contributed by atoms with Crippen molar-refractivity contribution in [1.29, 1.82) is 0 Å². The largest absolute Gasteiger partial charge is 0.481 e. The molecule has 0 saturated carbocycles. The van der Waals surface area contributed by atoms with Crippen LogP contribution in [0.2, 0.25) is 0 Å². The Hall–Kier alpha value is -2.07. The minimum Gasteiger partial charge on any atom is -0.481 e. The molecule has 0 bridgehead atoms. The Morgan fingerprint density at radius 3 is 2.76 bits per heavy atom. The normalized spacial score (nSPS) is 20.5. The van der Waals surface area contributed by atoms with Gasteiger partial charge in [0.25, 0.3) is 0 Å². The number of rotatable bonds is 5. The topological polar surface area (TPSA) is 53.7 Å². The zero-order valence-corrected chi connectivity index (χ0v) is 11.8. The molecule has 2 aromatic rings. The van der Waals surface area contributed by atoms with E-state index in [0.29, 0.717) is 0 Å². The molecular formula is C17H19NO3. The van der Waals surface area contributed by atoms with Gasteiger partial charge in [-0.05, 0) is 36.6 Å². The number of aliphatic carboxylic acids is 1. The Kier molecular flexibility index (Phi) is 4.06. The van der Waals surface area contributed by atoms with E-state index in [0.717, 1.165) is 25.3 Å². The molecule has 2 heterocycles. The van der Waals surface area contributed by atoms with Crippen molar-refractivity contribution < 1.29 is 14.3 Å². The van der Waals surface area contributed by atoms with Gasteiger partial charge in [0, 0.05) is 13.0 Å². The van der Waals surface area contributed by atoms with E-state index < -0.39 is 5.97 Å². The summed E-state index contributed by atoms with van der Waals surface area (Å²) in [6.07, 6.45) is 2.86. The standard InChI is InChI=1S/C17H19NO3/c19-16(20)11-13-8-9-18(12-13)17(15-7-4-10-21-15)14-5-2-1-3-6-14/h1-7,10,13,17H,8-9,11-12H2,(H,19,20). The molecule has 21 heavy (non-hydrogen) atoms. The van der Waals surface area contributed by atoms with Crippen molar-refractivity contribution in [2.75, 3.05) is 13.1 Å². The molecule has 4 nitrogen and oxygen atoms in total. The molecule has 0 spiro atoms. The highest BCUT2D eigenvalue weighted by molar-refractivity contribution is 5.67. The van der Waals surface area contributed by atoms with Crippen LogP contribution in [0.5, 0.6) is 0 Å². The molecular weight excluding hydrogens is 266 g/mol. The summed E-state index contributed by atoms with van der Waals surface area (Å²) in [5.41, 5.74) is 1.18. The van der Waals surface area contributed by atoms with E-state index in [-0.39, 0.29) is 18.4 Å². The van der Waals surface area contributed by atoms with Crippen molar-refractivity contribution in [1.82, 2.24) is 4.90 Å². The third-order valence-corrected chi connectivity index (χ3v) is 4.07. The van der Waals surface area contributed by atoms with Crippen LogP contribution in [0.3, 0.4) is 0 Å². The lowest BCUT2D eigenvalue weighted by Gasteiger charge is -2.26. The van der Waals surface area contributed by atoms with Crippen molar-refractivity contribution in [2.24, 2.45) is 5.92 Å². The van der Waals surface area contributed by atoms with Crippen LogP contribution in [0.25, 0.3) is 0 Å². The number of benzene rings is 1. The summed E-state index contributed by atoms with van der Waals surface area (Å²) >= 11 is 0. The van der Waals surface area contributed by atoms with Crippen LogP contribution in [0.1, 0.15) is 30.2 Å². The summed E-state index contributed by atoms with van der Waals surface area (Å²) in [6.45, 7) is 1.70. The predicted molar refractivity (Wildman–Crippen MR) is 78.9 cm³/mol.